The first-order valence-electron chi connectivity index (χ1n) is 30.6. The highest BCUT2D eigenvalue weighted by Crippen LogP contribution is 2.48. The van der Waals surface area contributed by atoms with Gasteiger partial charge in [-0.25, -0.2) is 63.1 Å². The molecular weight excluding hydrogens is 1920 g/mol. The van der Waals surface area contributed by atoms with Crippen molar-refractivity contribution >= 4 is 150 Å². The average molecular weight is 1970 g/mol. The SMILES string of the molecule is C.Nc1ccncn1.O=S(=O)(Cl)c1ccc2c(c1)OCCN2c1ccc(C(F)(F)F)cc1Br.O=S(=O)(Nc1ccncn1)c1ccc2c(c1)OCCN2c1ccc(C(F)(F)F)cc1Br.O=S(=O)(Oc1c(F)c(F)c(F)c(F)c1F)c1ccc2c(c1)OCCN2c1ccc(C(F)(F)F)cc1Br.O=[P+](F)P.Oc1c(F)c(F)c(F)c(F)c1F. The van der Waals surface area contributed by atoms with Gasteiger partial charge >= 0.3 is 36.4 Å². The first-order chi connectivity index (χ1) is 53.5. The molecule has 2 atom stereocenters. The maximum Gasteiger partial charge on any atom is 0.566 e. The van der Waals surface area contributed by atoms with Gasteiger partial charge < -0.3 is 43.9 Å². The van der Waals surface area contributed by atoms with Gasteiger partial charge in [-0.15, -0.1) is 0 Å². The number of nitrogens with zero attached hydrogens (tertiary/aromatic N) is 7. The molecule has 2 unspecified atom stereocenters. The van der Waals surface area contributed by atoms with E-state index in [9.17, 15) is 113 Å². The molecule has 0 aliphatic carbocycles. The van der Waals surface area contributed by atoms with E-state index in [-0.39, 0.29) is 74.3 Å². The van der Waals surface area contributed by atoms with Gasteiger partial charge in [0.05, 0.1) is 84.4 Å². The number of phenols is 1. The highest BCUT2D eigenvalue weighted by atomic mass is 79.9. The highest BCUT2D eigenvalue weighted by Gasteiger charge is 2.37. The molecule has 116 heavy (non-hydrogen) atoms. The summed E-state index contributed by atoms with van der Waals surface area (Å²) in [4.78, 5) is 19.0. The third-order valence-corrected chi connectivity index (χ3v) is 20.8. The van der Waals surface area contributed by atoms with Crippen LogP contribution in [-0.2, 0) is 52.3 Å². The van der Waals surface area contributed by atoms with Crippen LogP contribution in [0.4, 0.5) is 133 Å². The maximum atomic E-state index is 13.9. The number of nitrogen functional groups attached to an aromatic ring is 1. The van der Waals surface area contributed by atoms with Gasteiger partial charge in [0, 0.05) is 54.7 Å². The molecule has 0 fully saturated rings. The summed E-state index contributed by atoms with van der Waals surface area (Å²) in [5.74, 6) is -26.1. The van der Waals surface area contributed by atoms with Crippen LogP contribution in [0.2, 0.25) is 0 Å². The van der Waals surface area contributed by atoms with E-state index in [0.717, 1.165) is 48.5 Å². The average Bonchev–Trinajstić information content (AvgIpc) is 0.779. The number of aromatic nitrogens is 4. The fraction of sp³-hybridized carbons (Fsp3) is 0.152. The molecule has 0 amide bonds. The second kappa shape index (κ2) is 38.4. The van der Waals surface area contributed by atoms with Crippen molar-refractivity contribution in [1.29, 1.82) is 0 Å². The number of sulfonamides is 1. The number of fused-ring (bicyclic) bond motifs is 3. The Bertz CT molecular complexity index is 5530. The number of rotatable bonds is 10. The summed E-state index contributed by atoms with van der Waals surface area (Å²) >= 11 is 9.47. The normalized spacial score (nSPS) is 13.2. The molecule has 622 valence electrons. The summed E-state index contributed by atoms with van der Waals surface area (Å²) < 4.78 is 361. The van der Waals surface area contributed by atoms with Gasteiger partial charge in [0.15, 0.2) is 14.7 Å². The number of nitrogens with two attached hydrogens (primary N) is 1. The summed E-state index contributed by atoms with van der Waals surface area (Å²) in [7, 11) is -8.59. The molecule has 0 saturated carbocycles. The fourth-order valence-electron chi connectivity index (χ4n) is 9.79. The molecule has 3 aliphatic heterocycles. The number of hydrogen-bond acceptors (Lipinski definition) is 20. The standard InChI is InChI=1S/C21H10BrF8NO4S.C19H14BrF3N4O3S.C15H10BrClF3NO3S.C6HF5O.C4H5N3.CH4.FH2OP2/c22-11-7-9(21(28,29)30)1-3-12(11)31-5-6-34-14-8-10(2-4-13(14)31)36(32,33)35-20-18(26)16(24)15(23)17(25)19(20)27;20-14-9-12(19(21,22)23)1-3-15(14)27-7-8-30-17-10-13(2-4-16(17)27)31(28,29)26-18-5-6-24-11-25-18;16-11-7-9(15(18,19)20)1-3-12(11)21-5-6-24-14-8-10(25(17,22)23)2-4-13(14)21;7-1-2(8)4(10)6(12)5(11)3(1)9;5-4-1-2-6-3-7-4;;1-4(2)3/h1-4,7-8H,5-6H2;1-6,9-11H,7-8H2,(H,24,25,26);1-4,7-8H,5-6H2;12H;1-3H,(H2,5,6,7);1H4;3H2/q;;;;;;+1. The zero-order chi connectivity index (χ0) is 85.4. The number of phenolic OH excluding ortho intramolecular Hbond substituents is 1. The van der Waals surface area contributed by atoms with Crippen molar-refractivity contribution in [1.82, 2.24) is 19.9 Å². The summed E-state index contributed by atoms with van der Waals surface area (Å²) in [6.07, 6.45) is -7.84. The molecule has 4 N–H and O–H groups in total. The Labute approximate surface area is 675 Å². The Morgan fingerprint density at radius 2 is 0.802 bits per heavy atom. The zero-order valence-corrected chi connectivity index (χ0v) is 66.1. The molecule has 0 bridgehead atoms. The predicted octanol–water partition coefficient (Wildman–Crippen LogP) is 20.2. The van der Waals surface area contributed by atoms with E-state index in [4.69, 9.17) is 40.3 Å². The number of benzene rings is 8. The summed E-state index contributed by atoms with van der Waals surface area (Å²) in [6, 6.07) is 24.1. The lowest BCUT2D eigenvalue weighted by Crippen LogP contribution is -2.29. The van der Waals surface area contributed by atoms with Crippen LogP contribution < -0.4 is 43.5 Å². The number of ether oxygens (including phenoxy) is 3. The van der Waals surface area contributed by atoms with E-state index in [1.807, 2.05) is 0 Å². The Morgan fingerprint density at radius 1 is 0.483 bits per heavy atom. The van der Waals surface area contributed by atoms with Crippen LogP contribution in [0.3, 0.4) is 0 Å². The smallest absolute Gasteiger partial charge is 0.503 e. The number of nitrogens with one attached hydrogen (secondary N) is 1. The minimum absolute atomic E-state index is 0. The molecule has 0 radical (unpaired) electrons. The molecule has 10 aromatic rings. The van der Waals surface area contributed by atoms with Crippen molar-refractivity contribution < 1.29 is 141 Å². The van der Waals surface area contributed by atoms with Gasteiger partial charge in [0.25, 0.3) is 19.1 Å². The van der Waals surface area contributed by atoms with E-state index in [0.29, 0.717) is 58.8 Å². The van der Waals surface area contributed by atoms with Gasteiger partial charge in [0.2, 0.25) is 63.9 Å². The van der Waals surface area contributed by atoms with Gasteiger partial charge in [-0.3, -0.25) is 4.72 Å². The van der Waals surface area contributed by atoms with E-state index in [1.54, 1.807) is 28.1 Å². The second-order valence-corrected chi connectivity index (χ2v) is 32.4. The molecule has 0 saturated heterocycles. The molecule has 13 rings (SSSR count). The number of halogens is 24. The summed E-state index contributed by atoms with van der Waals surface area (Å²) in [6.45, 7) is 1.36. The van der Waals surface area contributed by atoms with Crippen LogP contribution in [0.25, 0.3) is 0 Å². The molecule has 50 heteroatoms. The van der Waals surface area contributed by atoms with Gasteiger partial charge in [-0.05, 0) is 155 Å². The Kier molecular flexibility index (Phi) is 31.0. The third kappa shape index (κ3) is 23.1. The zero-order valence-electron chi connectivity index (χ0n) is 56.1. The third-order valence-electron chi connectivity index (χ3n) is 14.9. The molecule has 0 spiro atoms. The number of alkyl halides is 9. The van der Waals surface area contributed by atoms with Crippen LogP contribution in [0, 0.1) is 58.2 Å². The largest absolute Gasteiger partial charge is 0.566 e. The monoisotopic (exact) mass is 1970 g/mol. The molecule has 5 heterocycles. The molecule has 8 aromatic carbocycles. The lowest BCUT2D eigenvalue weighted by Gasteiger charge is -2.32. The predicted molar refractivity (Wildman–Crippen MR) is 394 cm³/mol. The number of anilines is 8. The lowest BCUT2D eigenvalue weighted by molar-refractivity contribution is -0.138. The van der Waals surface area contributed by atoms with Crippen molar-refractivity contribution in [2.45, 2.75) is 40.6 Å². The van der Waals surface area contributed by atoms with Gasteiger partial charge in [0.1, 0.15) is 66.3 Å². The van der Waals surface area contributed by atoms with Crippen LogP contribution in [0.5, 0.6) is 28.7 Å². The second-order valence-electron chi connectivity index (χ2n) is 22.3. The Morgan fingerprint density at radius 3 is 1.12 bits per heavy atom. The topological polar surface area (TPSA) is 276 Å². The van der Waals surface area contributed by atoms with Gasteiger partial charge in [-0.2, -0.15) is 65.5 Å². The molecule has 3 aliphatic rings. The van der Waals surface area contributed by atoms with E-state index in [1.165, 1.54) is 93.3 Å². The summed E-state index contributed by atoms with van der Waals surface area (Å²) in [5.41, 5.74) is 5.37. The van der Waals surface area contributed by atoms with Crippen LogP contribution in [0.15, 0.2) is 174 Å². The lowest BCUT2D eigenvalue weighted by atomic mass is 10.1. The number of hydrogen-bond donors (Lipinski definition) is 3. The van der Waals surface area contributed by atoms with Gasteiger partial charge in [-0.1, -0.05) is 7.43 Å². The van der Waals surface area contributed by atoms with Crippen LogP contribution in [0.1, 0.15) is 24.1 Å². The maximum absolute atomic E-state index is 13.9. The first kappa shape index (κ1) is 93.8. The quantitative estimate of drug-likeness (QED) is 0.0286. The molecular formula is C66H46Br3ClF20N9O12P2S3+. The van der Waals surface area contributed by atoms with Crippen molar-refractivity contribution in [2.24, 2.45) is 0 Å². The van der Waals surface area contributed by atoms with Crippen molar-refractivity contribution in [3.05, 3.63) is 235 Å². The highest BCUT2D eigenvalue weighted by molar-refractivity contribution is 9.11. The van der Waals surface area contributed by atoms with E-state index < -0.39 is 147 Å². The van der Waals surface area contributed by atoms with Crippen LogP contribution >= 0.6 is 75.2 Å². The first-order valence-corrected chi connectivity index (χ1v) is 40.9. The van der Waals surface area contributed by atoms with E-state index in [2.05, 4.69) is 76.6 Å². The van der Waals surface area contributed by atoms with E-state index >= 15 is 0 Å². The molecule has 2 aromatic heterocycles. The minimum atomic E-state index is -5.12. The minimum Gasteiger partial charge on any atom is -0.503 e. The molecule has 21 nitrogen and oxygen atoms in total. The van der Waals surface area contributed by atoms with Crippen molar-refractivity contribution in [3.8, 4) is 28.7 Å². The Hall–Kier alpha value is -9.37. The fourth-order valence-corrected chi connectivity index (χ4v) is 14.3. The van der Waals surface area contributed by atoms with Crippen molar-refractivity contribution in [2.75, 3.05) is 64.6 Å². The summed E-state index contributed by atoms with van der Waals surface area (Å²) in [5, 5.41) is 8.30. The number of aromatic hydroxyl groups is 1. The Balaban J connectivity index is 0.000000212. The van der Waals surface area contributed by atoms with Crippen molar-refractivity contribution in [3.63, 3.8) is 0 Å². The van der Waals surface area contributed by atoms with Crippen LogP contribution in [-0.4, -0.2) is 89.8 Å².